The molecule has 1 aromatic heterocycles. The second-order valence-corrected chi connectivity index (χ2v) is 7.62. The van der Waals surface area contributed by atoms with Gasteiger partial charge in [0, 0.05) is 12.7 Å². The lowest BCUT2D eigenvalue weighted by molar-refractivity contribution is 0.0952. The minimum Gasteiger partial charge on any atom is -0.348 e. The Kier molecular flexibility index (Phi) is 5.73. The molecule has 1 amide bonds. The van der Waals surface area contributed by atoms with Crippen molar-refractivity contribution in [2.75, 3.05) is 4.72 Å². The van der Waals surface area contributed by atoms with Crippen LogP contribution in [0.25, 0.3) is 0 Å². The Bertz CT molecular complexity index is 1060. The van der Waals surface area contributed by atoms with Crippen LogP contribution in [0.5, 0.6) is 0 Å². The first-order valence-corrected chi connectivity index (χ1v) is 9.88. The van der Waals surface area contributed by atoms with Crippen molar-refractivity contribution in [3.8, 4) is 0 Å². The van der Waals surface area contributed by atoms with E-state index < -0.39 is 15.9 Å². The van der Waals surface area contributed by atoms with Gasteiger partial charge in [0.05, 0.1) is 11.3 Å². The first-order valence-electron chi connectivity index (χ1n) is 8.02. The van der Waals surface area contributed by atoms with Gasteiger partial charge in [-0.3, -0.25) is 9.52 Å². The molecule has 8 heteroatoms. The third-order valence-corrected chi connectivity index (χ3v) is 5.54. The number of sulfonamides is 1. The molecule has 0 aliphatic heterocycles. The van der Waals surface area contributed by atoms with Crippen molar-refractivity contribution in [2.24, 2.45) is 0 Å². The normalized spacial score (nSPS) is 11.0. The van der Waals surface area contributed by atoms with Crippen LogP contribution in [-0.4, -0.2) is 19.3 Å². The van der Waals surface area contributed by atoms with Gasteiger partial charge in [-0.25, -0.2) is 13.4 Å². The monoisotopic (exact) mass is 401 g/mol. The Labute approximate surface area is 162 Å². The Balaban J connectivity index is 1.81. The molecule has 0 radical (unpaired) electrons. The second-order valence-electron chi connectivity index (χ2n) is 5.61. The van der Waals surface area contributed by atoms with Gasteiger partial charge < -0.3 is 5.32 Å². The van der Waals surface area contributed by atoms with E-state index in [4.69, 9.17) is 11.6 Å². The van der Waals surface area contributed by atoms with E-state index in [1.54, 1.807) is 18.2 Å². The number of pyridine rings is 1. The summed E-state index contributed by atoms with van der Waals surface area (Å²) >= 11 is 5.89. The van der Waals surface area contributed by atoms with Crippen molar-refractivity contribution in [3.05, 3.63) is 89.2 Å². The lowest BCUT2D eigenvalue weighted by Crippen LogP contribution is -2.25. The van der Waals surface area contributed by atoms with E-state index in [1.807, 2.05) is 30.3 Å². The van der Waals surface area contributed by atoms with Crippen molar-refractivity contribution in [2.45, 2.75) is 11.4 Å². The van der Waals surface area contributed by atoms with Gasteiger partial charge in [-0.2, -0.15) is 0 Å². The molecule has 3 aromatic rings. The van der Waals surface area contributed by atoms with Gasteiger partial charge >= 0.3 is 0 Å². The summed E-state index contributed by atoms with van der Waals surface area (Å²) < 4.78 is 27.6. The number of carbonyl (C=O) groups is 1. The molecule has 27 heavy (non-hydrogen) atoms. The molecule has 6 nitrogen and oxygen atoms in total. The summed E-state index contributed by atoms with van der Waals surface area (Å²) in [4.78, 5) is 16.2. The molecule has 2 N–H and O–H groups in total. The van der Waals surface area contributed by atoms with Gasteiger partial charge in [-0.05, 0) is 29.8 Å². The first-order chi connectivity index (χ1) is 13.0. The highest BCUT2D eigenvalue weighted by atomic mass is 35.5. The van der Waals surface area contributed by atoms with E-state index in [2.05, 4.69) is 15.0 Å². The predicted molar refractivity (Wildman–Crippen MR) is 104 cm³/mol. The van der Waals surface area contributed by atoms with Crippen LogP contribution in [0.2, 0.25) is 5.15 Å². The first kappa shape index (κ1) is 18.9. The Morgan fingerprint density at radius 1 is 0.963 bits per heavy atom. The van der Waals surface area contributed by atoms with Crippen molar-refractivity contribution >= 4 is 33.2 Å². The molecule has 0 atom stereocenters. The van der Waals surface area contributed by atoms with E-state index in [9.17, 15) is 13.2 Å². The SMILES string of the molecule is O=C(NCc1ccccc1)c1ccccc1NS(=O)(=O)c1cccnc1Cl. The molecular formula is C19H16ClN3O3S. The topological polar surface area (TPSA) is 88.2 Å². The molecule has 3 rings (SSSR count). The highest BCUT2D eigenvalue weighted by Gasteiger charge is 2.21. The van der Waals surface area contributed by atoms with Crippen LogP contribution in [-0.2, 0) is 16.6 Å². The van der Waals surface area contributed by atoms with Gasteiger partial charge in [0.25, 0.3) is 15.9 Å². The molecule has 0 saturated heterocycles. The van der Waals surface area contributed by atoms with Crippen LogP contribution in [0.1, 0.15) is 15.9 Å². The van der Waals surface area contributed by atoms with Crippen LogP contribution < -0.4 is 10.0 Å². The third kappa shape index (κ3) is 4.64. The van der Waals surface area contributed by atoms with Gasteiger partial charge in [-0.15, -0.1) is 0 Å². The summed E-state index contributed by atoms with van der Waals surface area (Å²) in [5.74, 6) is -0.394. The molecule has 138 valence electrons. The molecule has 0 aliphatic rings. The maximum absolute atomic E-state index is 12.6. The molecule has 0 fully saturated rings. The average Bonchev–Trinajstić information content (AvgIpc) is 2.67. The molecule has 0 unspecified atom stereocenters. The molecule has 1 heterocycles. The van der Waals surface area contributed by atoms with E-state index >= 15 is 0 Å². The van der Waals surface area contributed by atoms with Gasteiger partial charge in [-0.1, -0.05) is 54.1 Å². The number of nitrogens with zero attached hydrogens (tertiary/aromatic N) is 1. The zero-order valence-electron chi connectivity index (χ0n) is 14.1. The minimum absolute atomic E-state index is 0.143. The van der Waals surface area contributed by atoms with Crippen LogP contribution in [0, 0.1) is 0 Å². The Morgan fingerprint density at radius 2 is 1.67 bits per heavy atom. The molecule has 0 saturated carbocycles. The number of nitrogens with one attached hydrogen (secondary N) is 2. The number of carbonyl (C=O) groups excluding carboxylic acids is 1. The van der Waals surface area contributed by atoms with Gasteiger partial charge in [0.15, 0.2) is 0 Å². The number of anilines is 1. The van der Waals surface area contributed by atoms with Gasteiger partial charge in [0.1, 0.15) is 10.0 Å². The third-order valence-electron chi connectivity index (χ3n) is 3.73. The molecule has 2 aromatic carbocycles. The summed E-state index contributed by atoms with van der Waals surface area (Å²) in [7, 11) is -3.99. The van der Waals surface area contributed by atoms with Crippen LogP contribution in [0.4, 0.5) is 5.69 Å². The largest absolute Gasteiger partial charge is 0.348 e. The standard InChI is InChI=1S/C19H16ClN3O3S/c20-18-17(11-6-12-21-18)27(25,26)23-16-10-5-4-9-15(16)19(24)22-13-14-7-2-1-3-8-14/h1-12,23H,13H2,(H,22,24). The maximum atomic E-state index is 12.6. The summed E-state index contributed by atoms with van der Waals surface area (Å²) in [6, 6.07) is 18.6. The maximum Gasteiger partial charge on any atom is 0.264 e. The summed E-state index contributed by atoms with van der Waals surface area (Å²) in [6.07, 6.45) is 1.40. The Hall–Kier alpha value is -2.90. The lowest BCUT2D eigenvalue weighted by Gasteiger charge is -2.13. The van der Waals surface area contributed by atoms with E-state index in [-0.39, 0.29) is 21.3 Å². The van der Waals surface area contributed by atoms with E-state index in [1.165, 1.54) is 24.4 Å². The lowest BCUT2D eigenvalue weighted by atomic mass is 10.1. The number of para-hydroxylation sites is 1. The molecule has 0 spiro atoms. The molecule has 0 aliphatic carbocycles. The number of aromatic nitrogens is 1. The second kappa shape index (κ2) is 8.20. The summed E-state index contributed by atoms with van der Waals surface area (Å²) in [5, 5.41) is 2.64. The van der Waals surface area contributed by atoms with Gasteiger partial charge in [0.2, 0.25) is 0 Å². The highest BCUT2D eigenvalue weighted by Crippen LogP contribution is 2.23. The number of rotatable bonds is 6. The zero-order chi connectivity index (χ0) is 19.3. The van der Waals surface area contributed by atoms with Crippen molar-refractivity contribution < 1.29 is 13.2 Å². The fourth-order valence-corrected chi connectivity index (χ4v) is 3.95. The van der Waals surface area contributed by atoms with E-state index in [0.717, 1.165) is 5.56 Å². The number of amides is 1. The number of hydrogen-bond acceptors (Lipinski definition) is 4. The summed E-state index contributed by atoms with van der Waals surface area (Å²) in [6.45, 7) is 0.329. The number of hydrogen-bond donors (Lipinski definition) is 2. The van der Waals surface area contributed by atoms with Crippen molar-refractivity contribution in [1.82, 2.24) is 10.3 Å². The molecule has 0 bridgehead atoms. The number of halogens is 1. The Morgan fingerprint density at radius 3 is 2.41 bits per heavy atom. The average molecular weight is 402 g/mol. The van der Waals surface area contributed by atoms with Crippen molar-refractivity contribution in [3.63, 3.8) is 0 Å². The molecular weight excluding hydrogens is 386 g/mol. The summed E-state index contributed by atoms with van der Waals surface area (Å²) in [5.41, 5.74) is 1.30. The van der Waals surface area contributed by atoms with Crippen molar-refractivity contribution in [1.29, 1.82) is 0 Å². The zero-order valence-corrected chi connectivity index (χ0v) is 15.7. The van der Waals surface area contributed by atoms with Crippen LogP contribution >= 0.6 is 11.6 Å². The quantitative estimate of drug-likeness (QED) is 0.619. The predicted octanol–water partition coefficient (Wildman–Crippen LogP) is 3.47. The van der Waals surface area contributed by atoms with Crippen LogP contribution in [0.15, 0.2) is 77.8 Å². The smallest absolute Gasteiger partial charge is 0.264 e. The number of benzene rings is 2. The fraction of sp³-hybridized carbons (Fsp3) is 0.0526. The highest BCUT2D eigenvalue weighted by molar-refractivity contribution is 7.92. The van der Waals surface area contributed by atoms with E-state index in [0.29, 0.717) is 6.54 Å². The fourth-order valence-electron chi connectivity index (χ4n) is 2.42. The van der Waals surface area contributed by atoms with Crippen LogP contribution in [0.3, 0.4) is 0 Å². The minimum atomic E-state index is -3.99.